The van der Waals surface area contributed by atoms with E-state index in [0.29, 0.717) is 27.9 Å². The second-order valence-electron chi connectivity index (χ2n) is 6.59. The molecule has 7 heteroatoms. The zero-order chi connectivity index (χ0) is 18.7. The van der Waals surface area contributed by atoms with Crippen LogP contribution in [-0.4, -0.2) is 21.7 Å². The van der Waals surface area contributed by atoms with Crippen molar-refractivity contribution >= 4 is 34.3 Å². The number of aromatic nitrogens is 2. The minimum atomic E-state index is -0.550. The molecule has 0 saturated carbocycles. The Kier molecular flexibility index (Phi) is 4.95. The number of pyridine rings is 2. The summed E-state index contributed by atoms with van der Waals surface area (Å²) in [6.45, 7) is 5.43. The van der Waals surface area contributed by atoms with Gasteiger partial charge in [-0.3, -0.25) is 10.3 Å². The Labute approximate surface area is 156 Å². The Balaban J connectivity index is 1.74. The van der Waals surface area contributed by atoms with Gasteiger partial charge in [0.1, 0.15) is 22.3 Å². The van der Waals surface area contributed by atoms with E-state index in [9.17, 15) is 4.79 Å². The second-order valence-corrected chi connectivity index (χ2v) is 6.97. The van der Waals surface area contributed by atoms with Crippen molar-refractivity contribution in [3.8, 4) is 11.5 Å². The molecule has 0 aliphatic heterocycles. The standard InChI is InChI=1S/C19H18ClN3O3/c1-19(2,3)26-18(24)23-12-4-6-13(7-5-12)25-16-8-9-21-15-11-22-17(20)10-14(15)16/h4-11H,1-3H3,(H,23,24). The molecule has 0 radical (unpaired) electrons. The summed E-state index contributed by atoms with van der Waals surface area (Å²) >= 11 is 5.96. The third kappa shape index (κ3) is 4.61. The summed E-state index contributed by atoms with van der Waals surface area (Å²) in [6.07, 6.45) is 2.73. The third-order valence-electron chi connectivity index (χ3n) is 3.28. The number of rotatable bonds is 3. The number of anilines is 1. The number of hydrogen-bond acceptors (Lipinski definition) is 5. The van der Waals surface area contributed by atoms with E-state index in [1.54, 1.807) is 48.8 Å². The van der Waals surface area contributed by atoms with E-state index >= 15 is 0 Å². The van der Waals surface area contributed by atoms with Gasteiger partial charge in [0, 0.05) is 17.3 Å². The summed E-state index contributed by atoms with van der Waals surface area (Å²) < 4.78 is 11.1. The van der Waals surface area contributed by atoms with Gasteiger partial charge in [0.2, 0.25) is 0 Å². The van der Waals surface area contributed by atoms with Crippen molar-refractivity contribution in [3.05, 3.63) is 53.9 Å². The van der Waals surface area contributed by atoms with Crippen LogP contribution in [0.1, 0.15) is 20.8 Å². The van der Waals surface area contributed by atoms with Gasteiger partial charge in [-0.25, -0.2) is 9.78 Å². The number of ether oxygens (including phenoxy) is 2. The number of amides is 1. The first kappa shape index (κ1) is 17.9. The summed E-state index contributed by atoms with van der Waals surface area (Å²) in [6, 6.07) is 10.4. The van der Waals surface area contributed by atoms with E-state index in [2.05, 4.69) is 15.3 Å². The molecule has 0 saturated heterocycles. The summed E-state index contributed by atoms with van der Waals surface area (Å²) in [4.78, 5) is 20.0. The predicted molar refractivity (Wildman–Crippen MR) is 101 cm³/mol. The van der Waals surface area contributed by atoms with E-state index in [0.717, 1.165) is 5.39 Å². The van der Waals surface area contributed by atoms with Gasteiger partial charge < -0.3 is 9.47 Å². The van der Waals surface area contributed by atoms with E-state index in [1.807, 2.05) is 20.8 Å². The van der Waals surface area contributed by atoms with E-state index in [1.165, 1.54) is 0 Å². The minimum Gasteiger partial charge on any atom is -0.457 e. The highest BCUT2D eigenvalue weighted by atomic mass is 35.5. The van der Waals surface area contributed by atoms with Gasteiger partial charge in [0.15, 0.2) is 0 Å². The molecule has 0 fully saturated rings. The lowest BCUT2D eigenvalue weighted by molar-refractivity contribution is 0.0636. The minimum absolute atomic E-state index is 0.368. The molecule has 0 aliphatic carbocycles. The van der Waals surface area contributed by atoms with Crippen LogP contribution in [0.25, 0.3) is 10.9 Å². The Morgan fingerprint density at radius 2 is 1.85 bits per heavy atom. The van der Waals surface area contributed by atoms with Gasteiger partial charge in [0.25, 0.3) is 0 Å². The van der Waals surface area contributed by atoms with Crippen molar-refractivity contribution in [2.45, 2.75) is 26.4 Å². The molecule has 0 spiro atoms. The monoisotopic (exact) mass is 371 g/mol. The first-order valence-corrected chi connectivity index (χ1v) is 8.36. The van der Waals surface area contributed by atoms with E-state index < -0.39 is 11.7 Å². The molecule has 1 N–H and O–H groups in total. The van der Waals surface area contributed by atoms with Crippen molar-refractivity contribution in [1.29, 1.82) is 0 Å². The number of nitrogens with zero attached hydrogens (tertiary/aromatic N) is 2. The van der Waals surface area contributed by atoms with Gasteiger partial charge in [-0.2, -0.15) is 0 Å². The highest BCUT2D eigenvalue weighted by molar-refractivity contribution is 6.30. The summed E-state index contributed by atoms with van der Waals surface area (Å²) in [5.74, 6) is 1.23. The topological polar surface area (TPSA) is 73.3 Å². The van der Waals surface area contributed by atoms with Crippen LogP contribution in [0, 0.1) is 0 Å². The lowest BCUT2D eigenvalue weighted by Crippen LogP contribution is -2.27. The van der Waals surface area contributed by atoms with Crippen molar-refractivity contribution in [2.24, 2.45) is 0 Å². The molecule has 3 rings (SSSR count). The number of fused-ring (bicyclic) bond motifs is 1. The lowest BCUT2D eigenvalue weighted by atomic mass is 10.2. The lowest BCUT2D eigenvalue weighted by Gasteiger charge is -2.19. The fourth-order valence-electron chi connectivity index (χ4n) is 2.24. The van der Waals surface area contributed by atoms with Crippen molar-refractivity contribution in [3.63, 3.8) is 0 Å². The predicted octanol–water partition coefficient (Wildman–Crippen LogP) is 5.42. The van der Waals surface area contributed by atoms with E-state index in [4.69, 9.17) is 21.1 Å². The number of halogens is 1. The van der Waals surface area contributed by atoms with Crippen molar-refractivity contribution in [2.75, 3.05) is 5.32 Å². The van der Waals surface area contributed by atoms with Gasteiger partial charge in [-0.1, -0.05) is 11.6 Å². The Morgan fingerprint density at radius 1 is 1.12 bits per heavy atom. The normalized spacial score (nSPS) is 11.2. The number of hydrogen-bond donors (Lipinski definition) is 1. The maximum atomic E-state index is 11.8. The van der Waals surface area contributed by atoms with Gasteiger partial charge in [0.05, 0.1) is 11.7 Å². The van der Waals surface area contributed by atoms with Crippen LogP contribution in [0.4, 0.5) is 10.5 Å². The molecule has 2 aromatic heterocycles. The zero-order valence-corrected chi connectivity index (χ0v) is 15.4. The molecule has 0 bridgehead atoms. The summed E-state index contributed by atoms with van der Waals surface area (Å²) in [7, 11) is 0. The highest BCUT2D eigenvalue weighted by Gasteiger charge is 2.16. The fraction of sp³-hybridized carbons (Fsp3) is 0.211. The third-order valence-corrected chi connectivity index (χ3v) is 3.49. The number of benzene rings is 1. The maximum Gasteiger partial charge on any atom is 0.412 e. The molecule has 0 unspecified atom stereocenters. The molecule has 1 amide bonds. The fourth-order valence-corrected chi connectivity index (χ4v) is 2.40. The molecule has 134 valence electrons. The largest absolute Gasteiger partial charge is 0.457 e. The Hall–Kier alpha value is -2.86. The van der Waals surface area contributed by atoms with Crippen molar-refractivity contribution in [1.82, 2.24) is 9.97 Å². The molecule has 1 aromatic carbocycles. The molecule has 26 heavy (non-hydrogen) atoms. The number of nitrogens with one attached hydrogen (secondary N) is 1. The first-order chi connectivity index (χ1) is 12.3. The quantitative estimate of drug-likeness (QED) is 0.622. The van der Waals surface area contributed by atoms with Gasteiger partial charge in [-0.05, 0) is 57.2 Å². The average molecular weight is 372 g/mol. The van der Waals surface area contributed by atoms with Crippen LogP contribution in [0.3, 0.4) is 0 Å². The van der Waals surface area contributed by atoms with Gasteiger partial charge in [-0.15, -0.1) is 0 Å². The summed E-state index contributed by atoms with van der Waals surface area (Å²) in [5.41, 5.74) is 0.750. The molecular formula is C19H18ClN3O3. The second kappa shape index (κ2) is 7.17. The Morgan fingerprint density at radius 3 is 2.54 bits per heavy atom. The number of carbonyl (C=O) groups is 1. The average Bonchev–Trinajstić information content (AvgIpc) is 2.55. The molecule has 0 atom stereocenters. The highest BCUT2D eigenvalue weighted by Crippen LogP contribution is 2.30. The van der Waals surface area contributed by atoms with Crippen molar-refractivity contribution < 1.29 is 14.3 Å². The number of carbonyl (C=O) groups excluding carboxylic acids is 1. The molecule has 2 heterocycles. The van der Waals surface area contributed by atoms with E-state index in [-0.39, 0.29) is 0 Å². The first-order valence-electron chi connectivity index (χ1n) is 7.98. The van der Waals surface area contributed by atoms with Crippen LogP contribution in [0.5, 0.6) is 11.5 Å². The molecule has 0 aliphatic rings. The zero-order valence-electron chi connectivity index (χ0n) is 14.6. The smallest absolute Gasteiger partial charge is 0.412 e. The van der Waals surface area contributed by atoms with Crippen LogP contribution in [-0.2, 0) is 4.74 Å². The SMILES string of the molecule is CC(C)(C)OC(=O)Nc1ccc(Oc2ccnc3cnc(Cl)cc23)cc1. The summed E-state index contributed by atoms with van der Waals surface area (Å²) in [5, 5.41) is 3.81. The van der Waals surface area contributed by atoms with Crippen LogP contribution in [0.15, 0.2) is 48.8 Å². The van der Waals surface area contributed by atoms with Crippen LogP contribution < -0.4 is 10.1 Å². The van der Waals surface area contributed by atoms with Crippen LogP contribution >= 0.6 is 11.6 Å². The van der Waals surface area contributed by atoms with Crippen LogP contribution in [0.2, 0.25) is 5.15 Å². The molecule has 6 nitrogen and oxygen atoms in total. The van der Waals surface area contributed by atoms with Gasteiger partial charge >= 0.3 is 6.09 Å². The molecule has 3 aromatic rings. The molecular weight excluding hydrogens is 354 g/mol. The maximum absolute atomic E-state index is 11.8. The Bertz CT molecular complexity index is 937.